The van der Waals surface area contributed by atoms with Gasteiger partial charge in [0, 0.05) is 6.42 Å². The van der Waals surface area contributed by atoms with E-state index in [1.165, 1.54) is 0 Å². The van der Waals surface area contributed by atoms with Gasteiger partial charge in [-0.1, -0.05) is 6.92 Å². The Balaban J connectivity index is 2.80. The van der Waals surface area contributed by atoms with Crippen molar-refractivity contribution in [2.24, 2.45) is 0 Å². The standard InChI is InChI=1S/C8H10O4/c1-2-3-6-5(8(10)11)4-7(9)12-6/h2-4H2,1H3,(H,10,11). The van der Waals surface area contributed by atoms with Crippen LogP contribution >= 0.6 is 0 Å². The van der Waals surface area contributed by atoms with E-state index in [0.717, 1.165) is 6.42 Å². The van der Waals surface area contributed by atoms with Crippen molar-refractivity contribution in [3.63, 3.8) is 0 Å². The molecule has 4 nitrogen and oxygen atoms in total. The minimum absolute atomic E-state index is 0.0926. The number of carboxylic acid groups (broad SMARTS) is 1. The molecule has 0 fully saturated rings. The van der Waals surface area contributed by atoms with Crippen LogP contribution in [0.15, 0.2) is 11.3 Å². The van der Waals surface area contributed by atoms with Crippen molar-refractivity contribution < 1.29 is 19.4 Å². The minimum atomic E-state index is -1.05. The third-order valence-corrected chi connectivity index (χ3v) is 1.63. The van der Waals surface area contributed by atoms with E-state index in [9.17, 15) is 9.59 Å². The second-order valence-corrected chi connectivity index (χ2v) is 2.61. The normalized spacial score (nSPS) is 16.6. The average Bonchev–Trinajstić information content (AvgIpc) is 2.32. The molecular formula is C8H10O4. The first-order chi connectivity index (χ1) is 5.65. The number of cyclic esters (lactones) is 1. The van der Waals surface area contributed by atoms with E-state index in [4.69, 9.17) is 9.84 Å². The maximum absolute atomic E-state index is 10.7. The highest BCUT2D eigenvalue weighted by atomic mass is 16.5. The first-order valence-corrected chi connectivity index (χ1v) is 3.81. The molecule has 1 aliphatic heterocycles. The van der Waals surface area contributed by atoms with Crippen LogP contribution in [0.25, 0.3) is 0 Å². The lowest BCUT2D eigenvalue weighted by Gasteiger charge is -1.98. The van der Waals surface area contributed by atoms with E-state index in [2.05, 4.69) is 0 Å². The highest BCUT2D eigenvalue weighted by molar-refractivity contribution is 5.96. The predicted molar refractivity (Wildman–Crippen MR) is 40.3 cm³/mol. The Kier molecular flexibility index (Phi) is 2.47. The van der Waals surface area contributed by atoms with Gasteiger partial charge in [-0.3, -0.25) is 4.79 Å². The number of carbonyl (C=O) groups is 2. The summed E-state index contributed by atoms with van der Waals surface area (Å²) < 4.78 is 4.74. The molecule has 0 saturated carbocycles. The molecule has 1 heterocycles. The van der Waals surface area contributed by atoms with Crippen molar-refractivity contribution in [1.82, 2.24) is 0 Å². The fourth-order valence-electron chi connectivity index (χ4n) is 1.10. The lowest BCUT2D eigenvalue weighted by atomic mass is 10.1. The number of aliphatic carboxylic acids is 1. The Morgan fingerprint density at radius 1 is 1.67 bits per heavy atom. The van der Waals surface area contributed by atoms with Crippen molar-refractivity contribution in [2.75, 3.05) is 0 Å². The topological polar surface area (TPSA) is 63.6 Å². The van der Waals surface area contributed by atoms with E-state index in [1.807, 2.05) is 6.92 Å². The first-order valence-electron chi connectivity index (χ1n) is 3.81. The number of allylic oxidation sites excluding steroid dienone is 1. The predicted octanol–water partition coefficient (Wildman–Crippen LogP) is 1.07. The van der Waals surface area contributed by atoms with Gasteiger partial charge in [0.15, 0.2) is 0 Å². The highest BCUT2D eigenvalue weighted by Crippen LogP contribution is 2.23. The van der Waals surface area contributed by atoms with E-state index in [0.29, 0.717) is 12.2 Å². The van der Waals surface area contributed by atoms with E-state index < -0.39 is 11.9 Å². The molecule has 0 saturated heterocycles. The monoisotopic (exact) mass is 170 g/mol. The molecule has 0 amide bonds. The van der Waals surface area contributed by atoms with Crippen molar-refractivity contribution in [1.29, 1.82) is 0 Å². The van der Waals surface area contributed by atoms with Gasteiger partial charge in [-0.2, -0.15) is 0 Å². The maximum Gasteiger partial charge on any atom is 0.335 e. The molecule has 0 aliphatic carbocycles. The van der Waals surface area contributed by atoms with Crippen molar-refractivity contribution >= 4 is 11.9 Å². The van der Waals surface area contributed by atoms with Gasteiger partial charge >= 0.3 is 11.9 Å². The van der Waals surface area contributed by atoms with Crippen LogP contribution in [0.4, 0.5) is 0 Å². The zero-order chi connectivity index (χ0) is 9.14. The number of carboxylic acids is 1. The summed E-state index contributed by atoms with van der Waals surface area (Å²) >= 11 is 0. The van der Waals surface area contributed by atoms with Gasteiger partial charge in [0.05, 0.1) is 12.0 Å². The fraction of sp³-hybridized carbons (Fsp3) is 0.500. The molecule has 66 valence electrons. The minimum Gasteiger partial charge on any atom is -0.478 e. The number of ether oxygens (including phenoxy) is 1. The zero-order valence-corrected chi connectivity index (χ0v) is 6.79. The Morgan fingerprint density at radius 2 is 2.33 bits per heavy atom. The quantitative estimate of drug-likeness (QED) is 0.643. The van der Waals surface area contributed by atoms with Crippen LogP contribution < -0.4 is 0 Å². The van der Waals surface area contributed by atoms with Crippen LogP contribution in [0.5, 0.6) is 0 Å². The molecule has 1 N–H and O–H groups in total. The van der Waals surface area contributed by atoms with Crippen LogP contribution in [0, 0.1) is 0 Å². The molecule has 0 aromatic rings. The molecule has 0 aromatic heterocycles. The molecular weight excluding hydrogens is 160 g/mol. The number of esters is 1. The summed E-state index contributed by atoms with van der Waals surface area (Å²) in [4.78, 5) is 21.3. The second kappa shape index (κ2) is 3.38. The summed E-state index contributed by atoms with van der Waals surface area (Å²) in [7, 11) is 0. The smallest absolute Gasteiger partial charge is 0.335 e. The van der Waals surface area contributed by atoms with Crippen molar-refractivity contribution in [3.05, 3.63) is 11.3 Å². The van der Waals surface area contributed by atoms with Crippen molar-refractivity contribution in [3.8, 4) is 0 Å². The summed E-state index contributed by atoms with van der Waals surface area (Å²) in [6.07, 6.45) is 1.21. The molecule has 0 bridgehead atoms. The summed E-state index contributed by atoms with van der Waals surface area (Å²) in [5, 5.41) is 8.64. The first kappa shape index (κ1) is 8.77. The number of hydrogen-bond donors (Lipinski definition) is 1. The summed E-state index contributed by atoms with van der Waals surface area (Å²) in [6, 6.07) is 0. The van der Waals surface area contributed by atoms with Gasteiger partial charge in [-0.15, -0.1) is 0 Å². The summed E-state index contributed by atoms with van der Waals surface area (Å²) in [5.74, 6) is -1.19. The van der Waals surface area contributed by atoms with Gasteiger partial charge in [0.25, 0.3) is 0 Å². The van der Waals surface area contributed by atoms with Gasteiger partial charge in [0.2, 0.25) is 0 Å². The van der Waals surface area contributed by atoms with Gasteiger partial charge < -0.3 is 9.84 Å². The van der Waals surface area contributed by atoms with Gasteiger partial charge in [-0.05, 0) is 6.42 Å². The number of hydrogen-bond acceptors (Lipinski definition) is 3. The Labute approximate surface area is 69.8 Å². The Morgan fingerprint density at radius 3 is 2.83 bits per heavy atom. The fourth-order valence-corrected chi connectivity index (χ4v) is 1.10. The SMILES string of the molecule is CCCC1=C(C(=O)O)CC(=O)O1. The molecule has 4 heteroatoms. The lowest BCUT2D eigenvalue weighted by molar-refractivity contribution is -0.137. The van der Waals surface area contributed by atoms with Crippen LogP contribution in [0.1, 0.15) is 26.2 Å². The van der Waals surface area contributed by atoms with Crippen LogP contribution in [-0.4, -0.2) is 17.0 Å². The average molecular weight is 170 g/mol. The second-order valence-electron chi connectivity index (χ2n) is 2.61. The largest absolute Gasteiger partial charge is 0.478 e. The van der Waals surface area contributed by atoms with E-state index in [1.54, 1.807) is 0 Å². The van der Waals surface area contributed by atoms with Crippen molar-refractivity contribution in [2.45, 2.75) is 26.2 Å². The maximum atomic E-state index is 10.7. The Bertz CT molecular complexity index is 252. The molecule has 1 aliphatic rings. The number of carbonyl (C=O) groups excluding carboxylic acids is 1. The zero-order valence-electron chi connectivity index (χ0n) is 6.79. The molecule has 0 radical (unpaired) electrons. The molecule has 0 spiro atoms. The van der Waals surface area contributed by atoms with Crippen LogP contribution in [0.2, 0.25) is 0 Å². The molecule has 12 heavy (non-hydrogen) atoms. The Hall–Kier alpha value is -1.32. The van der Waals surface area contributed by atoms with Gasteiger partial charge in [0.1, 0.15) is 5.76 Å². The molecule has 0 aromatic carbocycles. The third-order valence-electron chi connectivity index (χ3n) is 1.63. The van der Waals surface area contributed by atoms with E-state index in [-0.39, 0.29) is 12.0 Å². The lowest BCUT2D eigenvalue weighted by Crippen LogP contribution is -2.00. The highest BCUT2D eigenvalue weighted by Gasteiger charge is 2.27. The molecule has 0 atom stereocenters. The summed E-state index contributed by atoms with van der Waals surface area (Å²) in [5.41, 5.74) is 0.113. The molecule has 1 rings (SSSR count). The van der Waals surface area contributed by atoms with E-state index >= 15 is 0 Å². The van der Waals surface area contributed by atoms with Crippen LogP contribution in [0.3, 0.4) is 0 Å². The molecule has 0 unspecified atom stereocenters. The van der Waals surface area contributed by atoms with Crippen LogP contribution in [-0.2, 0) is 14.3 Å². The number of rotatable bonds is 3. The summed E-state index contributed by atoms with van der Waals surface area (Å²) in [6.45, 7) is 1.90. The third kappa shape index (κ3) is 1.64. The van der Waals surface area contributed by atoms with Gasteiger partial charge in [-0.25, -0.2) is 4.79 Å².